The van der Waals surface area contributed by atoms with Crippen LogP contribution in [-0.2, 0) is 7.05 Å². The van der Waals surface area contributed by atoms with Crippen molar-refractivity contribution in [2.75, 3.05) is 0 Å². The summed E-state index contributed by atoms with van der Waals surface area (Å²) in [6.45, 7) is 1.88. The van der Waals surface area contributed by atoms with E-state index in [9.17, 15) is 0 Å². The van der Waals surface area contributed by atoms with E-state index in [4.69, 9.17) is 5.53 Å². The minimum atomic E-state index is 0.323. The van der Waals surface area contributed by atoms with Crippen LogP contribution in [0.1, 0.15) is 5.69 Å². The minimum Gasteiger partial charge on any atom is -0.326 e. The largest absolute Gasteiger partial charge is 0.326 e. The number of aryl methyl sites for hydroxylation is 2. The first-order chi connectivity index (χ1) is 8.70. The molecule has 88 valence electrons. The van der Waals surface area contributed by atoms with Crippen molar-refractivity contribution in [2.24, 2.45) is 12.2 Å². The number of nitrogens with zero attached hydrogens (tertiary/aromatic N) is 7. The Hall–Kier alpha value is -2.66. The Morgan fingerprint density at radius 2 is 2.11 bits per heavy atom. The van der Waals surface area contributed by atoms with E-state index in [2.05, 4.69) is 25.0 Å². The summed E-state index contributed by atoms with van der Waals surface area (Å²) in [6.07, 6.45) is 1.71. The predicted molar refractivity (Wildman–Crippen MR) is 67.4 cm³/mol. The Labute approximate surface area is 102 Å². The van der Waals surface area contributed by atoms with E-state index < -0.39 is 0 Å². The maximum Gasteiger partial charge on any atom is 0.197 e. The van der Waals surface area contributed by atoms with Crippen molar-refractivity contribution >= 4 is 28.0 Å². The molecule has 0 spiro atoms. The molecule has 1 aromatic carbocycles. The molecule has 0 saturated heterocycles. The van der Waals surface area contributed by atoms with Crippen LogP contribution in [0.4, 0.5) is 5.95 Å². The second kappa shape index (κ2) is 3.68. The zero-order chi connectivity index (χ0) is 12.7. The van der Waals surface area contributed by atoms with E-state index in [1.54, 1.807) is 17.8 Å². The van der Waals surface area contributed by atoms with Crippen LogP contribution in [-0.4, -0.2) is 19.5 Å². The number of azide groups is 1. The van der Waals surface area contributed by atoms with E-state index >= 15 is 0 Å². The third kappa shape index (κ3) is 1.38. The molecule has 2 heterocycles. The standard InChI is InChI=1S/C11H9N7/c1-6-5-13-7-3-4-8-10(9(7)14-6)15-11(16-17-12)18(8)2/h3-5H,1-2H3. The monoisotopic (exact) mass is 239 g/mol. The minimum absolute atomic E-state index is 0.323. The highest BCUT2D eigenvalue weighted by Crippen LogP contribution is 2.25. The van der Waals surface area contributed by atoms with Crippen LogP contribution in [0.2, 0.25) is 0 Å². The first-order valence-corrected chi connectivity index (χ1v) is 5.34. The van der Waals surface area contributed by atoms with Crippen LogP contribution in [0.3, 0.4) is 0 Å². The number of rotatable bonds is 1. The van der Waals surface area contributed by atoms with E-state index in [1.165, 1.54) is 0 Å². The fraction of sp³-hybridized carbons (Fsp3) is 0.182. The van der Waals surface area contributed by atoms with Crippen molar-refractivity contribution in [2.45, 2.75) is 6.92 Å². The van der Waals surface area contributed by atoms with Gasteiger partial charge in [0.15, 0.2) is 5.95 Å². The van der Waals surface area contributed by atoms with Crippen LogP contribution in [0.25, 0.3) is 32.5 Å². The zero-order valence-electron chi connectivity index (χ0n) is 9.86. The first kappa shape index (κ1) is 10.5. The Kier molecular flexibility index (Phi) is 2.14. The first-order valence-electron chi connectivity index (χ1n) is 5.34. The summed E-state index contributed by atoms with van der Waals surface area (Å²) in [6, 6.07) is 3.77. The van der Waals surface area contributed by atoms with Crippen LogP contribution in [0, 0.1) is 6.92 Å². The molecule has 3 rings (SSSR count). The molecule has 0 aliphatic heterocycles. The van der Waals surface area contributed by atoms with E-state index in [-0.39, 0.29) is 0 Å². The lowest BCUT2D eigenvalue weighted by Crippen LogP contribution is -1.89. The highest BCUT2D eigenvalue weighted by Gasteiger charge is 2.11. The summed E-state index contributed by atoms with van der Waals surface area (Å²) in [7, 11) is 1.80. The van der Waals surface area contributed by atoms with Gasteiger partial charge in [0, 0.05) is 18.2 Å². The highest BCUT2D eigenvalue weighted by molar-refractivity contribution is 6.00. The van der Waals surface area contributed by atoms with Crippen molar-refractivity contribution in [3.63, 3.8) is 0 Å². The van der Waals surface area contributed by atoms with Crippen molar-refractivity contribution < 1.29 is 0 Å². The van der Waals surface area contributed by atoms with Crippen molar-refractivity contribution in [1.82, 2.24) is 19.5 Å². The second-order valence-electron chi connectivity index (χ2n) is 3.97. The molecule has 0 radical (unpaired) electrons. The van der Waals surface area contributed by atoms with Gasteiger partial charge in [0.05, 0.1) is 16.7 Å². The van der Waals surface area contributed by atoms with Crippen molar-refractivity contribution in [1.29, 1.82) is 0 Å². The number of hydrogen-bond donors (Lipinski definition) is 0. The lowest BCUT2D eigenvalue weighted by atomic mass is 10.2. The topological polar surface area (TPSA) is 92.4 Å². The van der Waals surface area contributed by atoms with Crippen LogP contribution < -0.4 is 0 Å². The van der Waals surface area contributed by atoms with Gasteiger partial charge in [0.2, 0.25) is 0 Å². The van der Waals surface area contributed by atoms with Crippen molar-refractivity contribution in [3.8, 4) is 0 Å². The van der Waals surface area contributed by atoms with Gasteiger partial charge in [-0.3, -0.25) is 4.98 Å². The van der Waals surface area contributed by atoms with Gasteiger partial charge < -0.3 is 4.57 Å². The summed E-state index contributed by atoms with van der Waals surface area (Å²) in [5.41, 5.74) is 12.4. The summed E-state index contributed by atoms with van der Waals surface area (Å²) in [5.74, 6) is 0.323. The quantitative estimate of drug-likeness (QED) is 0.371. The molecule has 7 nitrogen and oxygen atoms in total. The van der Waals surface area contributed by atoms with Gasteiger partial charge in [-0.25, -0.2) is 9.97 Å². The molecule has 0 amide bonds. The highest BCUT2D eigenvalue weighted by atomic mass is 15.3. The lowest BCUT2D eigenvalue weighted by molar-refractivity contribution is 0.940. The SMILES string of the molecule is Cc1cnc2ccc3c(nc(N=[N+]=[N-])n3C)c2n1. The molecule has 0 bridgehead atoms. The molecule has 0 aliphatic carbocycles. The third-order valence-electron chi connectivity index (χ3n) is 2.79. The average molecular weight is 239 g/mol. The molecular formula is C11H9N7. The molecule has 0 N–H and O–H groups in total. The predicted octanol–water partition coefficient (Wildman–Crippen LogP) is 2.77. The maximum absolute atomic E-state index is 8.50. The van der Waals surface area contributed by atoms with Crippen LogP contribution >= 0.6 is 0 Å². The van der Waals surface area contributed by atoms with E-state index in [1.807, 2.05) is 19.1 Å². The van der Waals surface area contributed by atoms with Crippen molar-refractivity contribution in [3.05, 3.63) is 34.5 Å². The fourth-order valence-electron chi connectivity index (χ4n) is 1.93. The summed E-state index contributed by atoms with van der Waals surface area (Å²) < 4.78 is 1.73. The molecular weight excluding hydrogens is 230 g/mol. The maximum atomic E-state index is 8.50. The number of fused-ring (bicyclic) bond motifs is 3. The third-order valence-corrected chi connectivity index (χ3v) is 2.79. The molecule has 0 atom stereocenters. The fourth-order valence-corrected chi connectivity index (χ4v) is 1.93. The smallest absolute Gasteiger partial charge is 0.197 e. The zero-order valence-corrected chi connectivity index (χ0v) is 9.86. The number of aromatic nitrogens is 4. The summed E-state index contributed by atoms with van der Waals surface area (Å²) in [5, 5.41) is 3.56. The molecule has 7 heteroatoms. The molecule has 0 saturated carbocycles. The summed E-state index contributed by atoms with van der Waals surface area (Å²) >= 11 is 0. The normalized spacial score (nSPS) is 10.8. The van der Waals surface area contributed by atoms with Gasteiger partial charge in [-0.2, -0.15) is 0 Å². The Balaban J connectivity index is 2.50. The van der Waals surface area contributed by atoms with Gasteiger partial charge in [-0.1, -0.05) is 0 Å². The average Bonchev–Trinajstić information content (AvgIpc) is 2.68. The van der Waals surface area contributed by atoms with E-state index in [0.717, 1.165) is 22.2 Å². The molecule has 3 aromatic rings. The number of imidazole rings is 1. The second-order valence-corrected chi connectivity index (χ2v) is 3.97. The van der Waals surface area contributed by atoms with Gasteiger partial charge in [0.1, 0.15) is 11.0 Å². The number of hydrogen-bond acceptors (Lipinski definition) is 4. The molecule has 0 unspecified atom stereocenters. The summed E-state index contributed by atoms with van der Waals surface area (Å²) in [4.78, 5) is 15.8. The molecule has 0 fully saturated rings. The van der Waals surface area contributed by atoms with Gasteiger partial charge in [-0.15, -0.1) is 0 Å². The molecule has 18 heavy (non-hydrogen) atoms. The Bertz CT molecular complexity index is 811. The van der Waals surface area contributed by atoms with Crippen LogP contribution in [0.5, 0.6) is 0 Å². The lowest BCUT2D eigenvalue weighted by Gasteiger charge is -1.99. The van der Waals surface area contributed by atoms with Gasteiger partial charge in [-0.05, 0) is 29.7 Å². The van der Waals surface area contributed by atoms with Crippen LogP contribution in [0.15, 0.2) is 23.4 Å². The van der Waals surface area contributed by atoms with Gasteiger partial charge in [0.25, 0.3) is 0 Å². The Morgan fingerprint density at radius 3 is 2.89 bits per heavy atom. The molecule has 0 aliphatic rings. The molecule has 2 aromatic heterocycles. The number of benzene rings is 1. The van der Waals surface area contributed by atoms with E-state index in [0.29, 0.717) is 11.5 Å². The van der Waals surface area contributed by atoms with Gasteiger partial charge >= 0.3 is 0 Å². The Morgan fingerprint density at radius 1 is 1.28 bits per heavy atom.